The Morgan fingerprint density at radius 1 is 1.14 bits per heavy atom. The van der Waals surface area contributed by atoms with Crippen molar-refractivity contribution in [3.05, 3.63) is 0 Å². The second-order valence-corrected chi connectivity index (χ2v) is 9.84. The Morgan fingerprint density at radius 3 is 2.76 bits per heavy atom. The van der Waals surface area contributed by atoms with Crippen LogP contribution in [0.4, 0.5) is 4.39 Å². The van der Waals surface area contributed by atoms with Crippen molar-refractivity contribution in [2.24, 2.45) is 11.8 Å². The maximum Gasteiger partial charge on any atom is 0.237 e. The average Bonchev–Trinajstić information content (AvgIpc) is 3.10. The number of likely N-dealkylation sites (N-methyl/N-ethyl adjacent to an activating group) is 1. The Morgan fingerprint density at radius 2 is 1.97 bits per heavy atom. The number of nitrogens with zero attached hydrogens (tertiary/aromatic N) is 2. The molecule has 2 saturated carbocycles. The number of carbonyl (C=O) groups is 2. The summed E-state index contributed by atoms with van der Waals surface area (Å²) in [6, 6.07) is 0.498. The second-order valence-electron chi connectivity index (χ2n) is 9.84. The first kappa shape index (κ1) is 21.0. The molecule has 0 bridgehead atoms. The van der Waals surface area contributed by atoms with Crippen LogP contribution >= 0.6 is 0 Å². The number of hydrogen-bond donors (Lipinski definition) is 2. The molecule has 0 aromatic heterocycles. The van der Waals surface area contributed by atoms with Gasteiger partial charge < -0.3 is 15.5 Å². The summed E-state index contributed by atoms with van der Waals surface area (Å²) in [5, 5.41) is 6.72. The average molecular weight is 409 g/mol. The van der Waals surface area contributed by atoms with E-state index in [-0.39, 0.29) is 35.9 Å². The van der Waals surface area contributed by atoms with Crippen LogP contribution in [0, 0.1) is 11.8 Å². The van der Waals surface area contributed by atoms with E-state index in [1.807, 2.05) is 11.9 Å². The molecule has 4 fully saturated rings. The van der Waals surface area contributed by atoms with Crippen LogP contribution in [0.1, 0.15) is 58.3 Å². The van der Waals surface area contributed by atoms with E-state index in [2.05, 4.69) is 22.5 Å². The highest BCUT2D eigenvalue weighted by molar-refractivity contribution is 5.82. The fourth-order valence-corrected chi connectivity index (χ4v) is 6.04. The van der Waals surface area contributed by atoms with E-state index in [0.717, 1.165) is 51.7 Å². The van der Waals surface area contributed by atoms with Crippen LogP contribution in [0.15, 0.2) is 0 Å². The smallest absolute Gasteiger partial charge is 0.237 e. The number of nitrogens with one attached hydrogen (secondary N) is 2. The summed E-state index contributed by atoms with van der Waals surface area (Å²) in [6.45, 7) is 4.68. The first-order chi connectivity index (χ1) is 13.9. The van der Waals surface area contributed by atoms with Crippen molar-refractivity contribution < 1.29 is 14.0 Å². The third-order valence-corrected chi connectivity index (χ3v) is 7.93. The molecular formula is C22H37FN4O2. The molecule has 0 aromatic carbocycles. The fraction of sp³-hybridized carbons (Fsp3) is 0.909. The molecule has 164 valence electrons. The van der Waals surface area contributed by atoms with Crippen LogP contribution in [0.5, 0.6) is 0 Å². The highest BCUT2D eigenvalue weighted by Crippen LogP contribution is 2.38. The van der Waals surface area contributed by atoms with Crippen molar-refractivity contribution in [2.75, 3.05) is 26.7 Å². The van der Waals surface area contributed by atoms with Crippen molar-refractivity contribution in [2.45, 2.75) is 88.6 Å². The van der Waals surface area contributed by atoms with Crippen LogP contribution in [-0.4, -0.2) is 78.6 Å². The number of fused-ring (bicyclic) bond motifs is 1. The number of rotatable bonds is 3. The van der Waals surface area contributed by atoms with Gasteiger partial charge in [0.2, 0.25) is 11.8 Å². The molecule has 2 N–H and O–H groups in total. The predicted octanol–water partition coefficient (Wildman–Crippen LogP) is 1.69. The van der Waals surface area contributed by atoms with Gasteiger partial charge in [-0.3, -0.25) is 14.5 Å². The largest absolute Gasteiger partial charge is 0.352 e. The second kappa shape index (κ2) is 8.88. The summed E-state index contributed by atoms with van der Waals surface area (Å²) in [5.41, 5.74) is 0. The van der Waals surface area contributed by atoms with Gasteiger partial charge in [-0.15, -0.1) is 0 Å². The standard InChI is InChI=1S/C22H37FN4O2/c1-14-6-7-18(23)17-13-19(25-21(14)17)22(29)24-15-4-3-5-16(12-15)27-9-8-20(28)26(2)10-11-27/h14-19,21,25H,3-13H2,1-2H3,(H,24,29)/t14?,15-,16?,17?,18?,19?,21?/m1/s1. The van der Waals surface area contributed by atoms with Crippen LogP contribution in [0.2, 0.25) is 0 Å². The summed E-state index contributed by atoms with van der Waals surface area (Å²) in [5.74, 6) is 0.700. The molecule has 2 amide bonds. The summed E-state index contributed by atoms with van der Waals surface area (Å²) in [4.78, 5) is 29.2. The van der Waals surface area contributed by atoms with Gasteiger partial charge in [0.05, 0.1) is 6.04 Å². The third-order valence-electron chi connectivity index (χ3n) is 7.93. The third kappa shape index (κ3) is 4.61. The van der Waals surface area contributed by atoms with E-state index >= 15 is 0 Å². The number of halogens is 1. The lowest BCUT2D eigenvalue weighted by molar-refractivity contribution is -0.129. The van der Waals surface area contributed by atoms with Crippen molar-refractivity contribution >= 4 is 11.8 Å². The minimum atomic E-state index is -0.774. The quantitative estimate of drug-likeness (QED) is 0.746. The topological polar surface area (TPSA) is 64.7 Å². The molecule has 0 radical (unpaired) electrons. The molecule has 6 unspecified atom stereocenters. The Kier molecular flexibility index (Phi) is 6.44. The summed E-state index contributed by atoms with van der Waals surface area (Å²) in [6.07, 6.45) is 6.17. The van der Waals surface area contributed by atoms with E-state index < -0.39 is 6.17 Å². The molecule has 2 heterocycles. The van der Waals surface area contributed by atoms with E-state index in [9.17, 15) is 14.0 Å². The minimum Gasteiger partial charge on any atom is -0.352 e. The Labute approximate surface area is 173 Å². The lowest BCUT2D eigenvalue weighted by atomic mass is 9.77. The molecule has 29 heavy (non-hydrogen) atoms. The van der Waals surface area contributed by atoms with Gasteiger partial charge in [-0.2, -0.15) is 0 Å². The predicted molar refractivity (Wildman–Crippen MR) is 110 cm³/mol. The van der Waals surface area contributed by atoms with Gasteiger partial charge in [-0.05, 0) is 50.9 Å². The van der Waals surface area contributed by atoms with Crippen molar-refractivity contribution in [1.82, 2.24) is 20.4 Å². The van der Waals surface area contributed by atoms with E-state index in [1.165, 1.54) is 0 Å². The maximum absolute atomic E-state index is 14.3. The van der Waals surface area contributed by atoms with Crippen LogP contribution in [-0.2, 0) is 9.59 Å². The monoisotopic (exact) mass is 408 g/mol. The summed E-state index contributed by atoms with van der Waals surface area (Å²) in [7, 11) is 1.88. The molecule has 7 atom stereocenters. The fourth-order valence-electron chi connectivity index (χ4n) is 6.04. The molecule has 4 rings (SSSR count). The van der Waals surface area contributed by atoms with Crippen molar-refractivity contribution in [1.29, 1.82) is 0 Å². The lowest BCUT2D eigenvalue weighted by Crippen LogP contribution is -2.51. The van der Waals surface area contributed by atoms with Gasteiger partial charge in [0.1, 0.15) is 6.17 Å². The van der Waals surface area contributed by atoms with Gasteiger partial charge >= 0.3 is 0 Å². The molecule has 0 spiro atoms. The van der Waals surface area contributed by atoms with E-state index in [1.54, 1.807) is 0 Å². The first-order valence-electron chi connectivity index (χ1n) is 11.6. The highest BCUT2D eigenvalue weighted by Gasteiger charge is 2.46. The van der Waals surface area contributed by atoms with Gasteiger partial charge in [-0.1, -0.05) is 6.92 Å². The molecule has 4 aliphatic rings. The van der Waals surface area contributed by atoms with Crippen molar-refractivity contribution in [3.63, 3.8) is 0 Å². The van der Waals surface area contributed by atoms with Crippen molar-refractivity contribution in [3.8, 4) is 0 Å². The zero-order chi connectivity index (χ0) is 20.5. The Hall–Kier alpha value is -1.21. The first-order valence-corrected chi connectivity index (χ1v) is 11.6. The summed E-state index contributed by atoms with van der Waals surface area (Å²) < 4.78 is 14.3. The van der Waals surface area contributed by atoms with Gasteiger partial charge in [0.15, 0.2) is 0 Å². The van der Waals surface area contributed by atoms with Crippen LogP contribution in [0.3, 0.4) is 0 Å². The molecule has 2 aliphatic heterocycles. The molecule has 2 saturated heterocycles. The summed E-state index contributed by atoms with van der Waals surface area (Å²) >= 11 is 0. The molecule has 0 aromatic rings. The van der Waals surface area contributed by atoms with Gasteiger partial charge in [-0.25, -0.2) is 4.39 Å². The lowest BCUT2D eigenvalue weighted by Gasteiger charge is -2.37. The zero-order valence-electron chi connectivity index (χ0n) is 17.9. The molecule has 7 heteroatoms. The molecule has 2 aliphatic carbocycles. The number of carbonyl (C=O) groups excluding carboxylic acids is 2. The number of alkyl halides is 1. The highest BCUT2D eigenvalue weighted by atomic mass is 19.1. The molecular weight excluding hydrogens is 371 g/mol. The number of amides is 2. The molecule has 6 nitrogen and oxygen atoms in total. The SMILES string of the molecule is CC1CCC(F)C2CC(C(=O)N[C@@H]3CCCC(N4CCC(=O)N(C)CC4)C3)NC12. The number of hydrogen-bond acceptors (Lipinski definition) is 4. The Bertz CT molecular complexity index is 600. The van der Waals surface area contributed by atoms with E-state index in [0.29, 0.717) is 31.2 Å². The van der Waals surface area contributed by atoms with Crippen LogP contribution < -0.4 is 10.6 Å². The van der Waals surface area contributed by atoms with E-state index in [4.69, 9.17) is 0 Å². The van der Waals surface area contributed by atoms with Gasteiger partial charge in [0.25, 0.3) is 0 Å². The normalized spacial score (nSPS) is 41.7. The van der Waals surface area contributed by atoms with Gasteiger partial charge in [0, 0.05) is 57.1 Å². The minimum absolute atomic E-state index is 0.0137. The Balaban J connectivity index is 1.30. The van der Waals surface area contributed by atoms with Crippen LogP contribution in [0.25, 0.3) is 0 Å². The zero-order valence-corrected chi connectivity index (χ0v) is 17.9. The maximum atomic E-state index is 14.3.